The molecule has 0 unspecified atom stereocenters. The third-order valence-corrected chi connectivity index (χ3v) is 3.88. The van der Waals surface area contributed by atoms with Crippen LogP contribution in [0.15, 0.2) is 78.9 Å². The summed E-state index contributed by atoms with van der Waals surface area (Å²) in [5, 5.41) is 4.59. The monoisotopic (exact) mass is 351 g/mol. The average Bonchev–Trinajstić information content (AvgIpc) is 2.59. The zero-order valence-corrected chi connectivity index (χ0v) is 14.4. The maximum atomic E-state index is 6.09. The Morgan fingerprint density at radius 3 is 1.96 bits per heavy atom. The Balaban J connectivity index is 1.92. The van der Waals surface area contributed by atoms with Crippen molar-refractivity contribution in [1.29, 1.82) is 0 Å². The molecule has 1 nitrogen and oxygen atoms in total. The van der Waals surface area contributed by atoms with Crippen LogP contribution in [0.5, 0.6) is 0 Å². The largest absolute Gasteiger partial charge is 0.368 e. The average molecular weight is 352 g/mol. The minimum atomic E-state index is -0.166. The van der Waals surface area contributed by atoms with Gasteiger partial charge in [-0.05, 0) is 35.9 Å². The van der Waals surface area contributed by atoms with Crippen molar-refractivity contribution in [1.82, 2.24) is 0 Å². The first-order valence-electron chi connectivity index (χ1n) is 7.55. The highest BCUT2D eigenvalue weighted by Crippen LogP contribution is 2.26. The minimum Gasteiger partial charge on any atom is -0.368 e. The van der Waals surface area contributed by atoms with Crippen LogP contribution in [0, 0.1) is 11.8 Å². The van der Waals surface area contributed by atoms with Gasteiger partial charge >= 0.3 is 0 Å². The topological polar surface area (TPSA) is 12.0 Å². The molecule has 0 aromatic heterocycles. The van der Waals surface area contributed by atoms with Crippen LogP contribution < -0.4 is 5.32 Å². The van der Waals surface area contributed by atoms with Gasteiger partial charge in [0.25, 0.3) is 0 Å². The van der Waals surface area contributed by atoms with Crippen LogP contribution in [0.3, 0.4) is 0 Å². The molecule has 0 heterocycles. The highest BCUT2D eigenvalue weighted by atomic mass is 35.5. The van der Waals surface area contributed by atoms with Crippen LogP contribution in [-0.2, 0) is 0 Å². The predicted molar refractivity (Wildman–Crippen MR) is 103 cm³/mol. The van der Waals surface area contributed by atoms with E-state index in [0.29, 0.717) is 10.0 Å². The molecule has 3 aromatic carbocycles. The quantitative estimate of drug-likeness (QED) is 0.554. The smallest absolute Gasteiger partial charge is 0.114 e. The molecule has 1 atom stereocenters. The Morgan fingerprint density at radius 2 is 1.33 bits per heavy atom. The second-order valence-corrected chi connectivity index (χ2v) is 6.15. The van der Waals surface area contributed by atoms with Crippen molar-refractivity contribution in [3.05, 3.63) is 100 Å². The number of halogens is 2. The van der Waals surface area contributed by atoms with Gasteiger partial charge in [0.2, 0.25) is 0 Å². The first-order valence-corrected chi connectivity index (χ1v) is 8.30. The normalized spacial score (nSPS) is 11.2. The summed E-state index contributed by atoms with van der Waals surface area (Å²) in [6.07, 6.45) is 0. The van der Waals surface area contributed by atoms with Crippen LogP contribution in [0.1, 0.15) is 17.2 Å². The van der Waals surface area contributed by atoms with E-state index in [2.05, 4.69) is 17.2 Å². The van der Waals surface area contributed by atoms with Crippen LogP contribution in [-0.4, -0.2) is 0 Å². The number of nitrogens with one attached hydrogen (secondary N) is 1. The summed E-state index contributed by atoms with van der Waals surface area (Å²) in [6, 6.07) is 25.2. The molecular formula is C21H15Cl2N. The Hall–Kier alpha value is -2.40. The maximum absolute atomic E-state index is 6.09. The van der Waals surface area contributed by atoms with E-state index >= 15 is 0 Å². The summed E-state index contributed by atoms with van der Waals surface area (Å²) in [4.78, 5) is 0. The fourth-order valence-corrected chi connectivity index (χ4v) is 2.86. The van der Waals surface area contributed by atoms with E-state index in [4.69, 9.17) is 23.2 Å². The fraction of sp³-hybridized carbons (Fsp3) is 0.0476. The van der Waals surface area contributed by atoms with Gasteiger partial charge in [0.1, 0.15) is 6.04 Å². The molecule has 3 heteroatoms. The Bertz CT molecular complexity index is 844. The van der Waals surface area contributed by atoms with Crippen molar-refractivity contribution in [2.45, 2.75) is 6.04 Å². The lowest BCUT2D eigenvalue weighted by atomic mass is 10.1. The number of hydrogen-bond acceptors (Lipinski definition) is 1. The van der Waals surface area contributed by atoms with Crippen LogP contribution in [0.2, 0.25) is 10.0 Å². The Morgan fingerprint density at radius 1 is 0.750 bits per heavy atom. The van der Waals surface area contributed by atoms with Crippen LogP contribution >= 0.6 is 23.2 Å². The molecule has 0 spiro atoms. The van der Waals surface area contributed by atoms with E-state index in [-0.39, 0.29) is 6.04 Å². The highest BCUT2D eigenvalue weighted by Gasteiger charge is 2.09. The van der Waals surface area contributed by atoms with Crippen molar-refractivity contribution in [2.75, 3.05) is 5.32 Å². The fourth-order valence-electron chi connectivity index (χ4n) is 2.33. The molecular weight excluding hydrogens is 337 g/mol. The molecule has 0 bridgehead atoms. The van der Waals surface area contributed by atoms with E-state index in [0.717, 1.165) is 16.8 Å². The summed E-state index contributed by atoms with van der Waals surface area (Å²) in [6.45, 7) is 0. The summed E-state index contributed by atoms with van der Waals surface area (Å²) in [7, 11) is 0. The lowest BCUT2D eigenvalue weighted by Gasteiger charge is -2.15. The van der Waals surface area contributed by atoms with Gasteiger partial charge < -0.3 is 5.32 Å². The SMILES string of the molecule is Clc1cc(Cl)cc(N[C@@H](C#Cc2ccccc2)c2ccccc2)c1. The first-order chi connectivity index (χ1) is 11.7. The van der Waals surface area contributed by atoms with Crippen molar-refractivity contribution >= 4 is 28.9 Å². The van der Waals surface area contributed by atoms with E-state index in [1.807, 2.05) is 72.8 Å². The molecule has 0 radical (unpaired) electrons. The molecule has 0 aliphatic heterocycles. The second kappa shape index (κ2) is 7.93. The zero-order chi connectivity index (χ0) is 16.8. The molecule has 118 valence electrons. The van der Waals surface area contributed by atoms with E-state index in [1.165, 1.54) is 0 Å². The first kappa shape index (κ1) is 16.5. The van der Waals surface area contributed by atoms with Gasteiger partial charge in [0, 0.05) is 21.3 Å². The molecule has 0 aliphatic carbocycles. The molecule has 1 N–H and O–H groups in total. The van der Waals surface area contributed by atoms with Gasteiger partial charge in [0.15, 0.2) is 0 Å². The van der Waals surface area contributed by atoms with Gasteiger partial charge in [-0.3, -0.25) is 0 Å². The van der Waals surface area contributed by atoms with Gasteiger partial charge in [-0.25, -0.2) is 0 Å². The molecule has 0 aliphatic rings. The standard InChI is InChI=1S/C21H15Cl2N/c22-18-13-19(23)15-20(14-18)24-21(17-9-5-2-6-10-17)12-11-16-7-3-1-4-8-16/h1-10,13-15,21,24H/t21-/m0/s1. The molecule has 24 heavy (non-hydrogen) atoms. The number of anilines is 1. The zero-order valence-electron chi connectivity index (χ0n) is 12.8. The molecule has 3 aromatic rings. The summed E-state index contributed by atoms with van der Waals surface area (Å²) >= 11 is 12.2. The van der Waals surface area contributed by atoms with Gasteiger partial charge in [-0.1, -0.05) is 83.6 Å². The van der Waals surface area contributed by atoms with Gasteiger partial charge in [-0.15, -0.1) is 0 Å². The van der Waals surface area contributed by atoms with Gasteiger partial charge in [0.05, 0.1) is 0 Å². The summed E-state index contributed by atoms with van der Waals surface area (Å²) < 4.78 is 0. The molecule has 3 rings (SSSR count). The van der Waals surface area contributed by atoms with Crippen LogP contribution in [0.25, 0.3) is 0 Å². The van der Waals surface area contributed by atoms with E-state index in [9.17, 15) is 0 Å². The third-order valence-electron chi connectivity index (χ3n) is 3.44. The van der Waals surface area contributed by atoms with E-state index in [1.54, 1.807) is 6.07 Å². The van der Waals surface area contributed by atoms with Crippen LogP contribution in [0.4, 0.5) is 5.69 Å². The molecule has 0 fully saturated rings. The molecule has 0 saturated heterocycles. The minimum absolute atomic E-state index is 0.166. The number of benzene rings is 3. The van der Waals surface area contributed by atoms with Crippen molar-refractivity contribution in [2.24, 2.45) is 0 Å². The Kier molecular flexibility index (Phi) is 5.43. The maximum Gasteiger partial charge on any atom is 0.114 e. The summed E-state index contributed by atoms with van der Waals surface area (Å²) in [5.41, 5.74) is 2.89. The second-order valence-electron chi connectivity index (χ2n) is 5.28. The third kappa shape index (κ3) is 4.55. The van der Waals surface area contributed by atoms with Crippen molar-refractivity contribution in [3.63, 3.8) is 0 Å². The van der Waals surface area contributed by atoms with Crippen molar-refractivity contribution < 1.29 is 0 Å². The highest BCUT2D eigenvalue weighted by molar-refractivity contribution is 6.35. The summed E-state index contributed by atoms with van der Waals surface area (Å²) in [5.74, 6) is 6.51. The van der Waals surface area contributed by atoms with Gasteiger partial charge in [-0.2, -0.15) is 0 Å². The predicted octanol–water partition coefficient (Wildman–Crippen LogP) is 6.20. The number of rotatable bonds is 3. The molecule has 0 amide bonds. The lowest BCUT2D eigenvalue weighted by Crippen LogP contribution is -2.08. The Labute approximate surface area is 152 Å². The lowest BCUT2D eigenvalue weighted by molar-refractivity contribution is 1.02. The van der Waals surface area contributed by atoms with E-state index < -0.39 is 0 Å². The van der Waals surface area contributed by atoms with Crippen molar-refractivity contribution in [3.8, 4) is 11.8 Å². The number of hydrogen-bond donors (Lipinski definition) is 1. The molecule has 0 saturated carbocycles.